The van der Waals surface area contributed by atoms with Crippen molar-refractivity contribution in [2.24, 2.45) is 5.73 Å². The molecule has 3 aromatic rings. The van der Waals surface area contributed by atoms with Crippen molar-refractivity contribution < 1.29 is 4.39 Å². The normalized spacial score (nSPS) is 11.3. The molecule has 1 aromatic carbocycles. The van der Waals surface area contributed by atoms with Gasteiger partial charge in [0.25, 0.3) is 0 Å². The van der Waals surface area contributed by atoms with Crippen LogP contribution in [0.25, 0.3) is 11.2 Å². The Labute approximate surface area is 135 Å². The summed E-state index contributed by atoms with van der Waals surface area (Å²) >= 11 is 0. The van der Waals surface area contributed by atoms with Crippen molar-refractivity contribution in [2.75, 3.05) is 6.54 Å². The Morgan fingerprint density at radius 3 is 2.70 bits per heavy atom. The summed E-state index contributed by atoms with van der Waals surface area (Å²) in [6.07, 6.45) is 4.50. The number of hydrogen-bond donors (Lipinski definition) is 1. The minimum atomic E-state index is -0.220. The van der Waals surface area contributed by atoms with Gasteiger partial charge in [-0.15, -0.1) is 0 Å². The second kappa shape index (κ2) is 6.87. The maximum Gasteiger partial charge on any atom is 0.160 e. The summed E-state index contributed by atoms with van der Waals surface area (Å²) < 4.78 is 15.2. The van der Waals surface area contributed by atoms with E-state index in [0.717, 1.165) is 47.5 Å². The fourth-order valence-electron chi connectivity index (χ4n) is 2.73. The van der Waals surface area contributed by atoms with Crippen LogP contribution >= 0.6 is 0 Å². The summed E-state index contributed by atoms with van der Waals surface area (Å²) in [5.74, 6) is 0.740. The van der Waals surface area contributed by atoms with E-state index in [4.69, 9.17) is 10.7 Å². The number of benzene rings is 1. The van der Waals surface area contributed by atoms with Crippen molar-refractivity contribution >= 4 is 11.2 Å². The number of nitrogens with zero attached hydrogens (tertiary/aromatic N) is 3. The highest BCUT2D eigenvalue weighted by Gasteiger charge is 2.12. The number of unbranched alkanes of at least 4 members (excludes halogenated alkanes) is 1. The van der Waals surface area contributed by atoms with E-state index in [1.54, 1.807) is 12.1 Å². The van der Waals surface area contributed by atoms with Crippen molar-refractivity contribution in [3.8, 4) is 0 Å². The molecule has 0 saturated heterocycles. The van der Waals surface area contributed by atoms with Crippen LogP contribution in [0, 0.1) is 12.7 Å². The lowest BCUT2D eigenvalue weighted by atomic mass is 10.1. The van der Waals surface area contributed by atoms with Crippen LogP contribution in [-0.4, -0.2) is 21.1 Å². The molecule has 5 heteroatoms. The van der Waals surface area contributed by atoms with E-state index < -0.39 is 0 Å². The van der Waals surface area contributed by atoms with Gasteiger partial charge in [-0.25, -0.2) is 14.4 Å². The SMILES string of the molecule is Cc1cnc2c(c1)nc(Cc1ccc(F)cc1)n2CCCCN. The average Bonchev–Trinajstić information content (AvgIpc) is 2.86. The largest absolute Gasteiger partial charge is 0.330 e. The van der Waals surface area contributed by atoms with Crippen molar-refractivity contribution in [1.82, 2.24) is 14.5 Å². The third-order valence-corrected chi connectivity index (χ3v) is 3.91. The number of hydrogen-bond acceptors (Lipinski definition) is 3. The van der Waals surface area contributed by atoms with Gasteiger partial charge in [0.15, 0.2) is 5.65 Å². The highest BCUT2D eigenvalue weighted by Crippen LogP contribution is 2.19. The van der Waals surface area contributed by atoms with E-state index in [-0.39, 0.29) is 5.82 Å². The van der Waals surface area contributed by atoms with Gasteiger partial charge in [0.1, 0.15) is 17.2 Å². The number of fused-ring (bicyclic) bond motifs is 1. The minimum Gasteiger partial charge on any atom is -0.330 e. The number of pyridine rings is 1. The number of rotatable bonds is 6. The molecule has 0 bridgehead atoms. The first-order valence-electron chi connectivity index (χ1n) is 7.93. The molecule has 0 spiro atoms. The second-order valence-corrected chi connectivity index (χ2v) is 5.83. The van der Waals surface area contributed by atoms with E-state index >= 15 is 0 Å². The molecule has 0 aliphatic rings. The molecule has 0 aliphatic carbocycles. The molecule has 3 rings (SSSR count). The zero-order chi connectivity index (χ0) is 16.2. The summed E-state index contributed by atoms with van der Waals surface area (Å²) in [5.41, 5.74) is 9.55. The molecule has 0 saturated carbocycles. The Morgan fingerprint density at radius 2 is 1.96 bits per heavy atom. The van der Waals surface area contributed by atoms with E-state index in [0.29, 0.717) is 13.0 Å². The van der Waals surface area contributed by atoms with Crippen LogP contribution in [0.1, 0.15) is 29.8 Å². The first-order chi connectivity index (χ1) is 11.2. The van der Waals surface area contributed by atoms with Crippen LogP contribution in [0.4, 0.5) is 4.39 Å². The summed E-state index contributed by atoms with van der Waals surface area (Å²) in [6.45, 7) is 3.55. The maximum atomic E-state index is 13.1. The standard InChI is InChI=1S/C18H21FN4/c1-13-10-16-18(21-12-13)23(9-3-2-8-20)17(22-16)11-14-4-6-15(19)7-5-14/h4-7,10,12H,2-3,8-9,11,20H2,1H3. The quantitative estimate of drug-likeness (QED) is 0.711. The average molecular weight is 312 g/mol. The molecule has 0 unspecified atom stereocenters. The van der Waals surface area contributed by atoms with Gasteiger partial charge in [-0.05, 0) is 55.6 Å². The molecule has 0 atom stereocenters. The van der Waals surface area contributed by atoms with Gasteiger partial charge >= 0.3 is 0 Å². The predicted molar refractivity (Wildman–Crippen MR) is 89.8 cm³/mol. The molecular weight excluding hydrogens is 291 g/mol. The summed E-state index contributed by atoms with van der Waals surface area (Å²) in [7, 11) is 0. The highest BCUT2D eigenvalue weighted by atomic mass is 19.1. The highest BCUT2D eigenvalue weighted by molar-refractivity contribution is 5.72. The van der Waals surface area contributed by atoms with E-state index in [2.05, 4.69) is 15.6 Å². The molecule has 120 valence electrons. The maximum absolute atomic E-state index is 13.1. The van der Waals surface area contributed by atoms with Gasteiger partial charge in [0.05, 0.1) is 0 Å². The Morgan fingerprint density at radius 1 is 1.17 bits per heavy atom. The summed E-state index contributed by atoms with van der Waals surface area (Å²) in [6, 6.07) is 8.63. The first kappa shape index (κ1) is 15.6. The molecular formula is C18H21FN4. The molecule has 2 aromatic heterocycles. The first-order valence-corrected chi connectivity index (χ1v) is 7.93. The van der Waals surface area contributed by atoms with Gasteiger partial charge in [0, 0.05) is 19.2 Å². The summed E-state index contributed by atoms with van der Waals surface area (Å²) in [4.78, 5) is 9.29. The van der Waals surface area contributed by atoms with Crippen LogP contribution < -0.4 is 5.73 Å². The number of nitrogens with two attached hydrogens (primary N) is 1. The molecule has 2 heterocycles. The molecule has 2 N–H and O–H groups in total. The van der Waals surface area contributed by atoms with E-state index in [1.807, 2.05) is 13.1 Å². The van der Waals surface area contributed by atoms with Crippen LogP contribution in [0.5, 0.6) is 0 Å². The smallest absolute Gasteiger partial charge is 0.160 e. The van der Waals surface area contributed by atoms with Crippen molar-refractivity contribution in [3.63, 3.8) is 0 Å². The zero-order valence-corrected chi connectivity index (χ0v) is 13.3. The van der Waals surface area contributed by atoms with Crippen molar-refractivity contribution in [1.29, 1.82) is 0 Å². The van der Waals surface area contributed by atoms with Gasteiger partial charge in [-0.2, -0.15) is 0 Å². The lowest BCUT2D eigenvalue weighted by Crippen LogP contribution is -2.08. The number of imidazole rings is 1. The number of aryl methyl sites for hydroxylation is 2. The van der Waals surface area contributed by atoms with Crippen LogP contribution in [0.3, 0.4) is 0 Å². The third-order valence-electron chi connectivity index (χ3n) is 3.91. The second-order valence-electron chi connectivity index (χ2n) is 5.83. The fraction of sp³-hybridized carbons (Fsp3) is 0.333. The minimum absolute atomic E-state index is 0.220. The molecule has 4 nitrogen and oxygen atoms in total. The lowest BCUT2D eigenvalue weighted by molar-refractivity contribution is 0.603. The van der Waals surface area contributed by atoms with Gasteiger partial charge < -0.3 is 10.3 Å². The van der Waals surface area contributed by atoms with Gasteiger partial charge in [-0.3, -0.25) is 0 Å². The molecule has 0 amide bonds. The van der Waals surface area contributed by atoms with E-state index in [9.17, 15) is 4.39 Å². The Kier molecular flexibility index (Phi) is 4.67. The van der Waals surface area contributed by atoms with Crippen LogP contribution in [-0.2, 0) is 13.0 Å². The number of aromatic nitrogens is 3. The zero-order valence-electron chi connectivity index (χ0n) is 13.3. The third kappa shape index (κ3) is 3.56. The molecule has 0 aliphatic heterocycles. The fourth-order valence-corrected chi connectivity index (χ4v) is 2.73. The van der Waals surface area contributed by atoms with Crippen LogP contribution in [0.15, 0.2) is 36.5 Å². The number of halogens is 1. The van der Waals surface area contributed by atoms with Crippen molar-refractivity contribution in [2.45, 2.75) is 32.7 Å². The van der Waals surface area contributed by atoms with Crippen LogP contribution in [0.2, 0.25) is 0 Å². The van der Waals surface area contributed by atoms with E-state index in [1.165, 1.54) is 12.1 Å². The summed E-state index contributed by atoms with van der Waals surface area (Å²) in [5, 5.41) is 0. The van der Waals surface area contributed by atoms with Gasteiger partial charge in [0.2, 0.25) is 0 Å². The Hall–Kier alpha value is -2.27. The topological polar surface area (TPSA) is 56.7 Å². The molecule has 23 heavy (non-hydrogen) atoms. The van der Waals surface area contributed by atoms with Gasteiger partial charge in [-0.1, -0.05) is 12.1 Å². The Balaban J connectivity index is 1.96. The van der Waals surface area contributed by atoms with Crippen molar-refractivity contribution in [3.05, 3.63) is 59.3 Å². The monoisotopic (exact) mass is 312 g/mol. The lowest BCUT2D eigenvalue weighted by Gasteiger charge is -2.08. The molecule has 0 radical (unpaired) electrons. The molecule has 0 fully saturated rings. The Bertz CT molecular complexity index is 793. The predicted octanol–water partition coefficient (Wildman–Crippen LogP) is 3.21.